The molecule has 1 amide bonds. The maximum absolute atomic E-state index is 12.0. The van der Waals surface area contributed by atoms with Crippen molar-refractivity contribution in [3.05, 3.63) is 40.6 Å². The number of amides is 1. The van der Waals surface area contributed by atoms with E-state index in [4.69, 9.17) is 4.52 Å². The number of rotatable bonds is 4. The molecule has 100 valence electrons. The molecule has 0 aliphatic rings. The largest absolute Gasteiger partial charge is 0.360 e. The number of anilines is 1. The van der Waals surface area contributed by atoms with Gasteiger partial charge in [0.15, 0.2) is 5.82 Å². The second kappa shape index (κ2) is 6.25. The summed E-state index contributed by atoms with van der Waals surface area (Å²) >= 11 is 4.95. The molecule has 6 heteroatoms. The lowest BCUT2D eigenvalue weighted by atomic mass is 10.4. The Morgan fingerprint density at radius 2 is 2.21 bits per heavy atom. The fourth-order valence-corrected chi connectivity index (χ4v) is 2.89. The van der Waals surface area contributed by atoms with Crippen LogP contribution < -0.4 is 5.32 Å². The van der Waals surface area contributed by atoms with E-state index in [1.807, 2.05) is 31.2 Å². The Bertz CT molecular complexity index is 586. The monoisotopic (exact) mass is 340 g/mol. The molecule has 1 N–H and O–H groups in total. The van der Waals surface area contributed by atoms with E-state index in [1.165, 1.54) is 11.8 Å². The van der Waals surface area contributed by atoms with Crippen molar-refractivity contribution < 1.29 is 9.32 Å². The van der Waals surface area contributed by atoms with E-state index in [-0.39, 0.29) is 11.2 Å². The minimum absolute atomic E-state index is 0.103. The van der Waals surface area contributed by atoms with Gasteiger partial charge in [-0.05, 0) is 41.9 Å². The molecule has 0 saturated carbocycles. The van der Waals surface area contributed by atoms with E-state index < -0.39 is 0 Å². The Morgan fingerprint density at radius 1 is 1.47 bits per heavy atom. The van der Waals surface area contributed by atoms with Crippen LogP contribution in [-0.4, -0.2) is 16.3 Å². The predicted molar refractivity (Wildman–Crippen MR) is 79.3 cm³/mol. The van der Waals surface area contributed by atoms with Crippen LogP contribution in [-0.2, 0) is 4.79 Å². The minimum Gasteiger partial charge on any atom is -0.360 e. The highest BCUT2D eigenvalue weighted by atomic mass is 79.9. The van der Waals surface area contributed by atoms with E-state index >= 15 is 0 Å². The summed E-state index contributed by atoms with van der Waals surface area (Å²) in [4.78, 5) is 13.0. The zero-order chi connectivity index (χ0) is 13.8. The first-order chi connectivity index (χ1) is 9.06. The zero-order valence-corrected chi connectivity index (χ0v) is 12.9. The first-order valence-corrected chi connectivity index (χ1v) is 7.39. The van der Waals surface area contributed by atoms with E-state index in [2.05, 4.69) is 26.4 Å². The van der Waals surface area contributed by atoms with Crippen molar-refractivity contribution in [1.29, 1.82) is 0 Å². The predicted octanol–water partition coefficient (Wildman–Crippen LogP) is 3.86. The van der Waals surface area contributed by atoms with Gasteiger partial charge in [-0.25, -0.2) is 0 Å². The highest BCUT2D eigenvalue weighted by molar-refractivity contribution is 9.10. The number of nitrogens with zero attached hydrogens (tertiary/aromatic N) is 1. The summed E-state index contributed by atoms with van der Waals surface area (Å²) in [6.07, 6.45) is 0. The third kappa shape index (κ3) is 3.84. The number of halogens is 1. The Hall–Kier alpha value is -1.27. The van der Waals surface area contributed by atoms with Crippen LogP contribution in [0.5, 0.6) is 0 Å². The van der Waals surface area contributed by atoms with Crippen molar-refractivity contribution in [2.45, 2.75) is 24.0 Å². The van der Waals surface area contributed by atoms with Crippen molar-refractivity contribution in [2.24, 2.45) is 0 Å². The molecule has 19 heavy (non-hydrogen) atoms. The number of nitrogens with one attached hydrogen (secondary N) is 1. The minimum atomic E-state index is -0.226. The van der Waals surface area contributed by atoms with Crippen LogP contribution in [0.4, 0.5) is 5.82 Å². The molecule has 0 radical (unpaired) electrons. The van der Waals surface area contributed by atoms with Gasteiger partial charge in [0.2, 0.25) is 5.91 Å². The van der Waals surface area contributed by atoms with Crippen LogP contribution >= 0.6 is 27.7 Å². The summed E-state index contributed by atoms with van der Waals surface area (Å²) in [6, 6.07) is 9.50. The zero-order valence-electron chi connectivity index (χ0n) is 10.5. The van der Waals surface area contributed by atoms with Crippen molar-refractivity contribution in [1.82, 2.24) is 5.16 Å². The Morgan fingerprint density at radius 3 is 2.84 bits per heavy atom. The molecule has 1 aromatic carbocycles. The average Bonchev–Trinajstić information content (AvgIpc) is 2.77. The molecule has 2 rings (SSSR count). The average molecular weight is 341 g/mol. The maximum Gasteiger partial charge on any atom is 0.238 e. The molecule has 0 unspecified atom stereocenters. The standard InChI is InChI=1S/C13H13BrN2O2S/c1-8-7-12(16-18-8)15-13(17)9(2)19-11-6-4-3-5-10(11)14/h3-7,9H,1-2H3,(H,15,16,17)/t9-/m1/s1. The Balaban J connectivity index is 1.98. The number of thioether (sulfide) groups is 1. The van der Waals surface area contributed by atoms with E-state index in [0.29, 0.717) is 11.6 Å². The number of carbonyl (C=O) groups excluding carboxylic acids is 1. The number of carbonyl (C=O) groups is 1. The molecule has 2 aromatic rings. The van der Waals surface area contributed by atoms with Crippen molar-refractivity contribution in [3.8, 4) is 0 Å². The van der Waals surface area contributed by atoms with Gasteiger partial charge in [-0.3, -0.25) is 4.79 Å². The summed E-state index contributed by atoms with van der Waals surface area (Å²) in [5.74, 6) is 1.01. The molecule has 1 atom stereocenters. The number of benzene rings is 1. The van der Waals surface area contributed by atoms with E-state index in [0.717, 1.165) is 9.37 Å². The fourth-order valence-electron chi connectivity index (χ4n) is 1.44. The molecule has 0 bridgehead atoms. The van der Waals surface area contributed by atoms with Crippen molar-refractivity contribution in [2.75, 3.05) is 5.32 Å². The second-order valence-electron chi connectivity index (χ2n) is 4.00. The van der Waals surface area contributed by atoms with E-state index in [1.54, 1.807) is 13.0 Å². The normalized spacial score (nSPS) is 12.2. The highest BCUT2D eigenvalue weighted by Crippen LogP contribution is 2.30. The van der Waals surface area contributed by atoms with Crippen LogP contribution in [0.25, 0.3) is 0 Å². The van der Waals surface area contributed by atoms with Gasteiger partial charge >= 0.3 is 0 Å². The highest BCUT2D eigenvalue weighted by Gasteiger charge is 2.17. The third-order valence-corrected chi connectivity index (χ3v) is 4.52. The lowest BCUT2D eigenvalue weighted by molar-refractivity contribution is -0.115. The fraction of sp³-hybridized carbons (Fsp3) is 0.231. The van der Waals surface area contributed by atoms with Crippen LogP contribution in [0, 0.1) is 6.92 Å². The summed E-state index contributed by atoms with van der Waals surface area (Å²) in [6.45, 7) is 3.63. The lowest BCUT2D eigenvalue weighted by Gasteiger charge is -2.11. The lowest BCUT2D eigenvalue weighted by Crippen LogP contribution is -2.22. The van der Waals surface area contributed by atoms with Gasteiger partial charge in [-0.2, -0.15) is 0 Å². The van der Waals surface area contributed by atoms with Crippen molar-refractivity contribution in [3.63, 3.8) is 0 Å². The number of hydrogen-bond acceptors (Lipinski definition) is 4. The molecule has 1 heterocycles. The Kier molecular flexibility index (Phi) is 4.66. The maximum atomic E-state index is 12.0. The second-order valence-corrected chi connectivity index (χ2v) is 6.24. The quantitative estimate of drug-likeness (QED) is 0.858. The molecule has 4 nitrogen and oxygen atoms in total. The molecular weight excluding hydrogens is 328 g/mol. The molecule has 0 fully saturated rings. The topological polar surface area (TPSA) is 55.1 Å². The third-order valence-electron chi connectivity index (χ3n) is 2.39. The summed E-state index contributed by atoms with van der Waals surface area (Å²) in [7, 11) is 0. The van der Waals surface area contributed by atoms with Gasteiger partial charge in [-0.15, -0.1) is 11.8 Å². The van der Waals surface area contributed by atoms with E-state index in [9.17, 15) is 4.79 Å². The SMILES string of the molecule is Cc1cc(NC(=O)[C@@H](C)Sc2ccccc2Br)no1. The summed E-state index contributed by atoms with van der Waals surface area (Å²) < 4.78 is 5.89. The van der Waals surface area contributed by atoms with Gasteiger partial charge in [0, 0.05) is 15.4 Å². The van der Waals surface area contributed by atoms with Gasteiger partial charge in [0.05, 0.1) is 5.25 Å². The van der Waals surface area contributed by atoms with Crippen LogP contribution in [0.15, 0.2) is 44.2 Å². The molecule has 0 aliphatic heterocycles. The Labute approximate surface area is 124 Å². The summed E-state index contributed by atoms with van der Waals surface area (Å²) in [5.41, 5.74) is 0. The number of aryl methyl sites for hydroxylation is 1. The smallest absolute Gasteiger partial charge is 0.238 e. The number of hydrogen-bond donors (Lipinski definition) is 1. The summed E-state index contributed by atoms with van der Waals surface area (Å²) in [5, 5.41) is 6.23. The van der Waals surface area contributed by atoms with Crippen LogP contribution in [0.3, 0.4) is 0 Å². The van der Waals surface area contributed by atoms with Crippen molar-refractivity contribution >= 4 is 39.4 Å². The first-order valence-electron chi connectivity index (χ1n) is 5.71. The molecule has 0 saturated heterocycles. The van der Waals surface area contributed by atoms with Gasteiger partial charge in [-0.1, -0.05) is 17.3 Å². The molecule has 0 spiro atoms. The molecular formula is C13H13BrN2O2S. The van der Waals surface area contributed by atoms with Gasteiger partial charge in [0.25, 0.3) is 0 Å². The molecule has 0 aliphatic carbocycles. The van der Waals surface area contributed by atoms with Gasteiger partial charge < -0.3 is 9.84 Å². The first kappa shape index (κ1) is 14.1. The molecule has 1 aromatic heterocycles. The van der Waals surface area contributed by atoms with Gasteiger partial charge in [0.1, 0.15) is 5.76 Å². The van der Waals surface area contributed by atoms with Crippen LogP contribution in [0.2, 0.25) is 0 Å². The number of aromatic nitrogens is 1. The van der Waals surface area contributed by atoms with Crippen LogP contribution in [0.1, 0.15) is 12.7 Å².